The van der Waals surface area contributed by atoms with Crippen LogP contribution in [0.1, 0.15) is 11.1 Å². The van der Waals surface area contributed by atoms with E-state index < -0.39 is 0 Å². The fraction of sp³-hybridized carbons (Fsp3) is 0.0714. The average molecular weight is 281 g/mol. The number of fused-ring (bicyclic) bond motifs is 1. The van der Waals surface area contributed by atoms with Gasteiger partial charge in [0.2, 0.25) is 0 Å². The number of nitrogens with zero attached hydrogens (tertiary/aromatic N) is 3. The van der Waals surface area contributed by atoms with E-state index in [1.165, 1.54) is 11.8 Å². The summed E-state index contributed by atoms with van der Waals surface area (Å²) in [4.78, 5) is 11.9. The number of imidazole rings is 1. The van der Waals surface area contributed by atoms with Crippen molar-refractivity contribution in [3.63, 3.8) is 0 Å². The molecule has 0 radical (unpaired) electrons. The minimum atomic E-state index is 0.581. The van der Waals surface area contributed by atoms with Crippen molar-refractivity contribution >= 4 is 28.5 Å². The van der Waals surface area contributed by atoms with E-state index in [1.54, 1.807) is 6.20 Å². The molecule has 0 aliphatic rings. The molecule has 6 heteroatoms. The quantitative estimate of drug-likeness (QED) is 0.705. The van der Waals surface area contributed by atoms with Gasteiger partial charge in [-0.05, 0) is 48.5 Å². The smallest absolute Gasteiger partial charge is 0.172 e. The van der Waals surface area contributed by atoms with Crippen molar-refractivity contribution in [1.82, 2.24) is 15.0 Å². The Kier molecular flexibility index (Phi) is 3.05. The highest BCUT2D eigenvalue weighted by molar-refractivity contribution is 7.99. The predicted octanol–water partition coefficient (Wildman–Crippen LogP) is 2.87. The van der Waals surface area contributed by atoms with Crippen molar-refractivity contribution in [2.24, 2.45) is 0 Å². The van der Waals surface area contributed by atoms with Gasteiger partial charge in [-0.2, -0.15) is 5.26 Å². The largest absolute Gasteiger partial charge is 0.399 e. The number of nitriles is 1. The Balaban J connectivity index is 2.02. The zero-order valence-electron chi connectivity index (χ0n) is 10.7. The standard InChI is InChI=1S/C14H11N5S/c1-8-4-5-17-13(10(8)7-15)20-14-18-11-3-2-9(16)6-12(11)19-14/h2-6H,16H2,1H3,(H,18,19). The van der Waals surface area contributed by atoms with Crippen LogP contribution < -0.4 is 5.73 Å². The topological polar surface area (TPSA) is 91.4 Å². The number of hydrogen-bond acceptors (Lipinski definition) is 5. The zero-order valence-corrected chi connectivity index (χ0v) is 11.5. The number of hydrogen-bond donors (Lipinski definition) is 2. The fourth-order valence-electron chi connectivity index (χ4n) is 1.89. The maximum atomic E-state index is 9.20. The Bertz CT molecular complexity index is 831. The van der Waals surface area contributed by atoms with Crippen LogP contribution in [0.15, 0.2) is 40.6 Å². The third-order valence-electron chi connectivity index (χ3n) is 2.91. The number of benzene rings is 1. The van der Waals surface area contributed by atoms with Gasteiger partial charge in [-0.3, -0.25) is 0 Å². The molecule has 0 bridgehead atoms. The summed E-state index contributed by atoms with van der Waals surface area (Å²) in [6.07, 6.45) is 1.69. The van der Waals surface area contributed by atoms with Gasteiger partial charge in [0.1, 0.15) is 11.1 Å². The highest BCUT2D eigenvalue weighted by atomic mass is 32.2. The van der Waals surface area contributed by atoms with Gasteiger partial charge in [-0.15, -0.1) is 0 Å². The van der Waals surface area contributed by atoms with Crippen LogP contribution in [0.3, 0.4) is 0 Å². The average Bonchev–Trinajstić information content (AvgIpc) is 2.80. The number of pyridine rings is 1. The Morgan fingerprint density at radius 1 is 1.35 bits per heavy atom. The Hall–Kier alpha value is -2.52. The molecular formula is C14H11N5S. The van der Waals surface area contributed by atoms with Crippen molar-refractivity contribution < 1.29 is 0 Å². The third kappa shape index (κ3) is 2.19. The Morgan fingerprint density at radius 2 is 2.20 bits per heavy atom. The molecule has 3 aromatic rings. The number of aromatic nitrogens is 3. The molecule has 0 fully saturated rings. The zero-order chi connectivity index (χ0) is 14.1. The number of nitrogens with two attached hydrogens (primary N) is 1. The molecule has 3 rings (SSSR count). The minimum Gasteiger partial charge on any atom is -0.399 e. The summed E-state index contributed by atoms with van der Waals surface area (Å²) >= 11 is 1.34. The van der Waals surface area contributed by atoms with Crippen LogP contribution in [-0.4, -0.2) is 15.0 Å². The first kappa shape index (κ1) is 12.5. The van der Waals surface area contributed by atoms with Gasteiger partial charge in [0.05, 0.1) is 16.6 Å². The molecule has 98 valence electrons. The van der Waals surface area contributed by atoms with Crippen LogP contribution >= 0.6 is 11.8 Å². The van der Waals surface area contributed by atoms with Gasteiger partial charge in [-0.25, -0.2) is 9.97 Å². The second kappa shape index (κ2) is 4.87. The van der Waals surface area contributed by atoms with E-state index in [0.29, 0.717) is 21.4 Å². The van der Waals surface area contributed by atoms with Crippen molar-refractivity contribution in [1.29, 1.82) is 5.26 Å². The Labute approximate surface area is 119 Å². The second-order valence-electron chi connectivity index (χ2n) is 4.34. The lowest BCUT2D eigenvalue weighted by Crippen LogP contribution is -1.90. The van der Waals surface area contributed by atoms with E-state index in [0.717, 1.165) is 16.6 Å². The van der Waals surface area contributed by atoms with E-state index >= 15 is 0 Å². The summed E-state index contributed by atoms with van der Waals surface area (Å²) in [5.74, 6) is 0. The minimum absolute atomic E-state index is 0.581. The van der Waals surface area contributed by atoms with Crippen LogP contribution in [0, 0.1) is 18.3 Å². The van der Waals surface area contributed by atoms with Crippen LogP contribution in [-0.2, 0) is 0 Å². The number of H-pyrrole nitrogens is 1. The first-order valence-corrected chi connectivity index (χ1v) is 6.78. The lowest BCUT2D eigenvalue weighted by atomic mass is 10.2. The molecule has 0 aliphatic heterocycles. The summed E-state index contributed by atoms with van der Waals surface area (Å²) in [7, 11) is 0. The third-order valence-corrected chi connectivity index (χ3v) is 3.80. The van der Waals surface area contributed by atoms with Gasteiger partial charge >= 0.3 is 0 Å². The van der Waals surface area contributed by atoms with E-state index in [-0.39, 0.29) is 0 Å². The molecule has 2 heterocycles. The number of aryl methyl sites for hydroxylation is 1. The number of nitrogens with one attached hydrogen (secondary N) is 1. The maximum Gasteiger partial charge on any atom is 0.172 e. The van der Waals surface area contributed by atoms with Gasteiger partial charge in [0.15, 0.2) is 5.16 Å². The monoisotopic (exact) mass is 281 g/mol. The van der Waals surface area contributed by atoms with Gasteiger partial charge in [-0.1, -0.05) is 0 Å². The lowest BCUT2D eigenvalue weighted by Gasteiger charge is -2.02. The summed E-state index contributed by atoms with van der Waals surface area (Å²) in [5.41, 5.74) is 9.63. The van der Waals surface area contributed by atoms with E-state index in [2.05, 4.69) is 21.0 Å². The molecule has 0 unspecified atom stereocenters. The molecule has 0 atom stereocenters. The molecule has 20 heavy (non-hydrogen) atoms. The van der Waals surface area contributed by atoms with E-state index in [1.807, 2.05) is 31.2 Å². The van der Waals surface area contributed by atoms with Crippen LogP contribution in [0.2, 0.25) is 0 Å². The Morgan fingerprint density at radius 3 is 3.00 bits per heavy atom. The number of nitrogen functional groups attached to an aromatic ring is 1. The van der Waals surface area contributed by atoms with E-state index in [4.69, 9.17) is 5.73 Å². The summed E-state index contributed by atoms with van der Waals surface area (Å²) < 4.78 is 0. The number of anilines is 1. The molecule has 0 spiro atoms. The molecule has 3 N–H and O–H groups in total. The molecule has 0 amide bonds. The number of aromatic amines is 1. The lowest BCUT2D eigenvalue weighted by molar-refractivity contribution is 1.04. The van der Waals surface area contributed by atoms with Crippen LogP contribution in [0.4, 0.5) is 5.69 Å². The van der Waals surface area contributed by atoms with Crippen molar-refractivity contribution in [3.05, 3.63) is 41.6 Å². The summed E-state index contributed by atoms with van der Waals surface area (Å²) in [5, 5.41) is 10.5. The first-order valence-electron chi connectivity index (χ1n) is 5.96. The van der Waals surface area contributed by atoms with Crippen LogP contribution in [0.25, 0.3) is 11.0 Å². The molecule has 1 aromatic carbocycles. The van der Waals surface area contributed by atoms with Gasteiger partial charge in [0.25, 0.3) is 0 Å². The fourth-order valence-corrected chi connectivity index (χ4v) is 2.80. The summed E-state index contributed by atoms with van der Waals surface area (Å²) in [6, 6.07) is 9.51. The SMILES string of the molecule is Cc1ccnc(Sc2nc3ccc(N)cc3[nH]2)c1C#N. The predicted molar refractivity (Wildman–Crippen MR) is 78.3 cm³/mol. The van der Waals surface area contributed by atoms with Crippen molar-refractivity contribution in [3.8, 4) is 6.07 Å². The van der Waals surface area contributed by atoms with Crippen molar-refractivity contribution in [2.75, 3.05) is 5.73 Å². The number of rotatable bonds is 2. The normalized spacial score (nSPS) is 10.6. The second-order valence-corrected chi connectivity index (χ2v) is 5.32. The molecular weight excluding hydrogens is 270 g/mol. The molecule has 0 saturated heterocycles. The highest BCUT2D eigenvalue weighted by Crippen LogP contribution is 2.29. The van der Waals surface area contributed by atoms with Gasteiger partial charge in [0, 0.05) is 11.9 Å². The highest BCUT2D eigenvalue weighted by Gasteiger charge is 2.11. The first-order chi connectivity index (χ1) is 9.67. The van der Waals surface area contributed by atoms with Gasteiger partial charge < -0.3 is 10.7 Å². The van der Waals surface area contributed by atoms with Crippen LogP contribution in [0.5, 0.6) is 0 Å². The summed E-state index contributed by atoms with van der Waals surface area (Å²) in [6.45, 7) is 1.89. The van der Waals surface area contributed by atoms with Crippen molar-refractivity contribution in [2.45, 2.75) is 17.1 Å². The molecule has 2 aromatic heterocycles. The van der Waals surface area contributed by atoms with E-state index in [9.17, 15) is 5.26 Å². The molecule has 5 nitrogen and oxygen atoms in total. The maximum absolute atomic E-state index is 9.20. The molecule has 0 aliphatic carbocycles. The molecule has 0 saturated carbocycles.